The van der Waals surface area contributed by atoms with E-state index < -0.39 is 9.84 Å². The topological polar surface area (TPSA) is 61.8 Å². The first kappa shape index (κ1) is 20.2. The molecule has 1 aliphatic heterocycles. The molecule has 0 aliphatic carbocycles. The van der Waals surface area contributed by atoms with Crippen LogP contribution in [0.3, 0.4) is 0 Å². The van der Waals surface area contributed by atoms with Crippen LogP contribution in [0.2, 0.25) is 0 Å². The molecule has 5 nitrogen and oxygen atoms in total. The third-order valence-electron chi connectivity index (χ3n) is 3.82. The van der Waals surface area contributed by atoms with E-state index in [4.69, 9.17) is 0 Å². The molecule has 1 atom stereocenters. The van der Waals surface area contributed by atoms with Crippen LogP contribution in [0.15, 0.2) is 35.3 Å². The Balaban J connectivity index is 0.00000264. The molecule has 23 heavy (non-hydrogen) atoms. The van der Waals surface area contributed by atoms with E-state index in [0.717, 1.165) is 32.0 Å². The van der Waals surface area contributed by atoms with Gasteiger partial charge in [-0.25, -0.2) is 8.42 Å². The third-order valence-corrected chi connectivity index (χ3v) is 4.74. The molecule has 0 radical (unpaired) electrons. The van der Waals surface area contributed by atoms with Gasteiger partial charge in [0.1, 0.15) is 9.84 Å². The summed E-state index contributed by atoms with van der Waals surface area (Å²) in [5.74, 6) is 1.43. The lowest BCUT2D eigenvalue weighted by molar-refractivity contribution is 0.487. The summed E-state index contributed by atoms with van der Waals surface area (Å²) in [4.78, 5) is 6.69. The molecule has 1 aliphatic rings. The van der Waals surface area contributed by atoms with Gasteiger partial charge in [0.15, 0.2) is 5.96 Å². The lowest BCUT2D eigenvalue weighted by Gasteiger charge is -2.21. The number of aliphatic imine (C=N–C) groups is 1. The van der Waals surface area contributed by atoms with Gasteiger partial charge in [0.05, 0.1) is 12.3 Å². The molecule has 1 aromatic carbocycles. The quantitative estimate of drug-likeness (QED) is 0.423. The minimum Gasteiger partial charge on any atom is -0.357 e. The number of rotatable bonds is 5. The first-order chi connectivity index (χ1) is 10.5. The van der Waals surface area contributed by atoms with Crippen LogP contribution >= 0.6 is 24.0 Å². The summed E-state index contributed by atoms with van der Waals surface area (Å²) in [6.45, 7) is 4.99. The van der Waals surface area contributed by atoms with Crippen LogP contribution in [0, 0.1) is 0 Å². The molecular formula is C16H26IN3O2S. The number of hydrogen-bond donors (Lipinski definition) is 1. The molecule has 2 rings (SSSR count). The van der Waals surface area contributed by atoms with Gasteiger partial charge in [0.25, 0.3) is 0 Å². The highest BCUT2D eigenvalue weighted by Crippen LogP contribution is 2.26. The molecule has 1 aromatic rings. The summed E-state index contributed by atoms with van der Waals surface area (Å²) >= 11 is 0. The summed E-state index contributed by atoms with van der Waals surface area (Å²) in [6, 6.07) is 10.5. The van der Waals surface area contributed by atoms with E-state index in [-0.39, 0.29) is 29.7 Å². The van der Waals surface area contributed by atoms with Crippen molar-refractivity contribution in [3.05, 3.63) is 35.9 Å². The van der Waals surface area contributed by atoms with Gasteiger partial charge in [0, 0.05) is 31.8 Å². The molecule has 0 saturated carbocycles. The second kappa shape index (κ2) is 9.46. The van der Waals surface area contributed by atoms with Crippen molar-refractivity contribution in [1.29, 1.82) is 0 Å². The third kappa shape index (κ3) is 6.66. The summed E-state index contributed by atoms with van der Waals surface area (Å²) in [7, 11) is -2.97. The van der Waals surface area contributed by atoms with Crippen LogP contribution in [-0.4, -0.2) is 57.5 Å². The van der Waals surface area contributed by atoms with Crippen molar-refractivity contribution in [3.63, 3.8) is 0 Å². The van der Waals surface area contributed by atoms with E-state index in [1.165, 1.54) is 11.8 Å². The molecule has 1 heterocycles. The Morgan fingerprint density at radius 1 is 1.35 bits per heavy atom. The van der Waals surface area contributed by atoms with Gasteiger partial charge in [-0.3, -0.25) is 4.99 Å². The predicted molar refractivity (Wildman–Crippen MR) is 106 cm³/mol. The maximum Gasteiger partial charge on any atom is 0.193 e. The van der Waals surface area contributed by atoms with Crippen molar-refractivity contribution in [3.8, 4) is 0 Å². The molecular weight excluding hydrogens is 425 g/mol. The van der Waals surface area contributed by atoms with Crippen LogP contribution in [0.4, 0.5) is 0 Å². The zero-order valence-electron chi connectivity index (χ0n) is 13.7. The first-order valence-electron chi connectivity index (χ1n) is 7.75. The van der Waals surface area contributed by atoms with E-state index in [9.17, 15) is 8.42 Å². The van der Waals surface area contributed by atoms with Gasteiger partial charge in [-0.15, -0.1) is 24.0 Å². The zero-order valence-corrected chi connectivity index (χ0v) is 16.9. The Morgan fingerprint density at radius 2 is 2.04 bits per heavy atom. The van der Waals surface area contributed by atoms with Crippen molar-refractivity contribution in [2.24, 2.45) is 4.99 Å². The number of halogens is 1. The smallest absolute Gasteiger partial charge is 0.193 e. The molecule has 130 valence electrons. The molecule has 1 N–H and O–H groups in total. The highest BCUT2D eigenvalue weighted by atomic mass is 127. The molecule has 0 amide bonds. The first-order valence-corrected chi connectivity index (χ1v) is 9.81. The van der Waals surface area contributed by atoms with Gasteiger partial charge in [-0.1, -0.05) is 30.3 Å². The summed E-state index contributed by atoms with van der Waals surface area (Å²) in [5.41, 5.74) is 1.36. The van der Waals surface area contributed by atoms with E-state index in [1.807, 2.05) is 13.0 Å². The van der Waals surface area contributed by atoms with E-state index >= 15 is 0 Å². The van der Waals surface area contributed by atoms with Crippen LogP contribution in [0.5, 0.6) is 0 Å². The molecule has 1 unspecified atom stereocenters. The van der Waals surface area contributed by atoms with Gasteiger partial charge in [-0.2, -0.15) is 0 Å². The monoisotopic (exact) mass is 451 g/mol. The molecule has 7 heteroatoms. The maximum absolute atomic E-state index is 11.2. The second-order valence-electron chi connectivity index (χ2n) is 5.71. The van der Waals surface area contributed by atoms with Crippen LogP contribution in [0.25, 0.3) is 0 Å². The van der Waals surface area contributed by atoms with Crippen molar-refractivity contribution < 1.29 is 8.42 Å². The number of benzene rings is 1. The Labute approximate surface area is 156 Å². The van der Waals surface area contributed by atoms with Crippen molar-refractivity contribution in [2.45, 2.75) is 19.3 Å². The molecule has 0 bridgehead atoms. The SMILES string of the molecule is CCNC(=NCCS(C)(=O)=O)N1CCC(c2ccccc2)C1.I. The van der Waals surface area contributed by atoms with Gasteiger partial charge < -0.3 is 10.2 Å². The van der Waals surface area contributed by atoms with E-state index in [2.05, 4.69) is 39.5 Å². The Bertz CT molecular complexity index is 605. The van der Waals surface area contributed by atoms with Gasteiger partial charge in [0.2, 0.25) is 0 Å². The highest BCUT2D eigenvalue weighted by molar-refractivity contribution is 14.0. The standard InChI is InChI=1S/C16H25N3O2S.HI/c1-3-17-16(18-10-12-22(2,20)21)19-11-9-15(13-19)14-7-5-4-6-8-14;/h4-8,15H,3,9-13H2,1-2H3,(H,17,18);1H. The fraction of sp³-hybridized carbons (Fsp3) is 0.562. The fourth-order valence-corrected chi connectivity index (χ4v) is 3.12. The van der Waals surface area contributed by atoms with Crippen LogP contribution < -0.4 is 5.32 Å². The average molecular weight is 451 g/mol. The Morgan fingerprint density at radius 3 is 2.65 bits per heavy atom. The average Bonchev–Trinajstić information content (AvgIpc) is 2.96. The van der Waals surface area contributed by atoms with Crippen molar-refractivity contribution in [1.82, 2.24) is 10.2 Å². The summed E-state index contributed by atoms with van der Waals surface area (Å²) in [5, 5.41) is 3.26. The number of nitrogens with one attached hydrogen (secondary N) is 1. The molecule has 1 saturated heterocycles. The lowest BCUT2D eigenvalue weighted by Crippen LogP contribution is -2.40. The number of sulfone groups is 1. The predicted octanol–water partition coefficient (Wildman–Crippen LogP) is 2.10. The van der Waals surface area contributed by atoms with Crippen molar-refractivity contribution >= 4 is 39.8 Å². The highest BCUT2D eigenvalue weighted by Gasteiger charge is 2.25. The maximum atomic E-state index is 11.2. The van der Waals surface area contributed by atoms with Crippen LogP contribution in [-0.2, 0) is 9.84 Å². The molecule has 1 fully saturated rings. The van der Waals surface area contributed by atoms with Crippen LogP contribution in [0.1, 0.15) is 24.8 Å². The normalized spacial score (nSPS) is 18.6. The lowest BCUT2D eigenvalue weighted by atomic mass is 9.99. The largest absolute Gasteiger partial charge is 0.357 e. The fourth-order valence-electron chi connectivity index (χ4n) is 2.69. The Hall–Kier alpha value is -0.830. The van der Waals surface area contributed by atoms with E-state index in [1.54, 1.807) is 0 Å². The number of guanidine groups is 1. The molecule has 0 spiro atoms. The van der Waals surface area contributed by atoms with Crippen molar-refractivity contribution in [2.75, 3.05) is 38.2 Å². The van der Waals surface area contributed by atoms with Gasteiger partial charge >= 0.3 is 0 Å². The number of nitrogens with zero attached hydrogens (tertiary/aromatic N) is 2. The Kier molecular flexibility index (Phi) is 8.32. The second-order valence-corrected chi connectivity index (χ2v) is 7.97. The minimum atomic E-state index is -2.97. The van der Waals surface area contributed by atoms with Gasteiger partial charge in [-0.05, 0) is 18.9 Å². The molecule has 0 aromatic heterocycles. The zero-order chi connectivity index (χ0) is 16.0. The summed E-state index contributed by atoms with van der Waals surface area (Å²) in [6.07, 6.45) is 2.34. The number of hydrogen-bond acceptors (Lipinski definition) is 3. The number of likely N-dealkylation sites (tertiary alicyclic amines) is 1. The minimum absolute atomic E-state index is 0. The summed E-state index contributed by atoms with van der Waals surface area (Å²) < 4.78 is 22.5. The van der Waals surface area contributed by atoms with E-state index in [0.29, 0.717) is 12.5 Å².